The fraction of sp³-hybridized carbons (Fsp3) is 0.706. The molecule has 3 rings (SSSR count). The first-order valence-electron chi connectivity index (χ1n) is 15.8. The molecule has 1 aromatic rings. The van der Waals surface area contributed by atoms with Crippen molar-refractivity contribution in [1.29, 1.82) is 0 Å². The smallest absolute Gasteiger partial charge is 0.201 e. The zero-order chi connectivity index (χ0) is 29.0. The molecule has 2 fully saturated rings. The van der Waals surface area contributed by atoms with Gasteiger partial charge in [-0.25, -0.2) is 0 Å². The number of benzene rings is 1. The highest BCUT2D eigenvalue weighted by Gasteiger charge is 2.64. The Morgan fingerprint density at radius 3 is 1.97 bits per heavy atom. The summed E-state index contributed by atoms with van der Waals surface area (Å²) in [5, 5.41) is 0. The summed E-state index contributed by atoms with van der Waals surface area (Å²) in [5.74, 6) is 0.672. The van der Waals surface area contributed by atoms with Gasteiger partial charge in [0, 0.05) is 11.8 Å². The summed E-state index contributed by atoms with van der Waals surface area (Å²) in [4.78, 5) is 0. The third-order valence-electron chi connectivity index (χ3n) is 10.5. The molecule has 2 bridgehead atoms. The van der Waals surface area contributed by atoms with Crippen LogP contribution in [0, 0.1) is 18.8 Å². The first-order valence-corrected chi connectivity index (χ1v) is 20.5. The summed E-state index contributed by atoms with van der Waals surface area (Å²) in [7, 11) is -3.96. The third kappa shape index (κ3) is 6.13. The van der Waals surface area contributed by atoms with Gasteiger partial charge in [0.15, 0.2) is 8.32 Å². The van der Waals surface area contributed by atoms with Gasteiger partial charge in [0.1, 0.15) is 0 Å². The quantitative estimate of drug-likeness (QED) is 0.119. The second-order valence-corrected chi connectivity index (χ2v) is 23.3. The lowest BCUT2D eigenvalue weighted by Gasteiger charge is -2.46. The number of hydrogen-bond donors (Lipinski definition) is 0. The Hall–Kier alpha value is -0.986. The Kier molecular flexibility index (Phi) is 11.1. The van der Waals surface area contributed by atoms with E-state index in [-0.39, 0.29) is 11.7 Å². The molecule has 2 saturated carbocycles. The minimum absolute atomic E-state index is 0.0980. The molecule has 0 heterocycles. The average molecular weight is 571 g/mol. The molecule has 2 aliphatic carbocycles. The maximum atomic E-state index is 7.63. The third-order valence-corrected chi connectivity index (χ3v) is 21.2. The van der Waals surface area contributed by atoms with Crippen LogP contribution in [0.3, 0.4) is 0 Å². The van der Waals surface area contributed by atoms with Gasteiger partial charge in [-0.1, -0.05) is 104 Å². The summed E-state index contributed by atoms with van der Waals surface area (Å²) in [6.07, 6.45) is 6.98. The molecule has 4 atom stereocenters. The van der Waals surface area contributed by atoms with Gasteiger partial charge in [-0.2, -0.15) is 0 Å². The molecule has 0 spiro atoms. The van der Waals surface area contributed by atoms with Gasteiger partial charge in [0.2, 0.25) is 8.32 Å². The van der Waals surface area contributed by atoms with Crippen LogP contribution >= 0.6 is 0 Å². The van der Waals surface area contributed by atoms with Crippen LogP contribution in [0.5, 0.6) is 0 Å². The van der Waals surface area contributed by atoms with Crippen molar-refractivity contribution in [3.8, 4) is 0 Å². The molecule has 39 heavy (non-hydrogen) atoms. The minimum Gasteiger partial charge on any atom is -0.409 e. The van der Waals surface area contributed by atoms with Crippen molar-refractivity contribution >= 4 is 16.6 Å². The zero-order valence-corrected chi connectivity index (χ0v) is 28.8. The first kappa shape index (κ1) is 32.5. The minimum atomic E-state index is -2.10. The van der Waals surface area contributed by atoms with Crippen LogP contribution in [0.1, 0.15) is 86.3 Å². The van der Waals surface area contributed by atoms with E-state index in [4.69, 9.17) is 13.6 Å². The molecule has 0 amide bonds. The van der Waals surface area contributed by atoms with E-state index in [9.17, 15) is 0 Å². The van der Waals surface area contributed by atoms with E-state index in [1.54, 1.807) is 0 Å². The fourth-order valence-corrected chi connectivity index (χ4v) is 16.8. The molecule has 0 saturated heterocycles. The van der Waals surface area contributed by atoms with Crippen molar-refractivity contribution in [2.75, 3.05) is 6.61 Å². The highest BCUT2D eigenvalue weighted by molar-refractivity contribution is 6.77. The number of rotatable bonds is 15. The maximum Gasteiger partial charge on any atom is 0.201 e. The van der Waals surface area contributed by atoms with Gasteiger partial charge in [-0.05, 0) is 65.7 Å². The van der Waals surface area contributed by atoms with Crippen LogP contribution in [0.15, 0.2) is 48.6 Å². The molecule has 3 nitrogen and oxygen atoms in total. The van der Waals surface area contributed by atoms with Crippen molar-refractivity contribution in [3.05, 3.63) is 59.7 Å². The zero-order valence-electron chi connectivity index (χ0n) is 26.8. The number of aryl methyl sites for hydroxylation is 1. The van der Waals surface area contributed by atoms with Gasteiger partial charge in [0.25, 0.3) is 0 Å². The standard InChI is InChI=1S/C34H58O3Si2/c1-12-34(37-38(13-2,14-3)15-4)31-20-21-32(34)33(36-39(25(5)6,26(7)8)27(9)10)30(31)22-23-35-24-29-18-16-28(11)17-19-29/h12,16-19,22,25-27,31-33H,1,13-15,20-21,23-24H2,2-11H3/b30-22+/t31-,32+,33-,34-/m0/s1. The fourth-order valence-electron chi connectivity index (χ4n) is 8.18. The van der Waals surface area contributed by atoms with Crippen molar-refractivity contribution in [2.45, 2.75) is 135 Å². The van der Waals surface area contributed by atoms with E-state index in [1.807, 2.05) is 0 Å². The lowest BCUT2D eigenvalue weighted by atomic mass is 9.90. The molecule has 1 aromatic carbocycles. The number of ether oxygens (including phenoxy) is 1. The summed E-state index contributed by atoms with van der Waals surface area (Å²) in [5.41, 5.74) is 5.26. The van der Waals surface area contributed by atoms with Crippen molar-refractivity contribution in [3.63, 3.8) is 0 Å². The summed E-state index contributed by atoms with van der Waals surface area (Å²) >= 11 is 0. The van der Waals surface area contributed by atoms with Crippen LogP contribution in [0.2, 0.25) is 34.8 Å². The van der Waals surface area contributed by atoms with E-state index in [2.05, 4.69) is 112 Å². The van der Waals surface area contributed by atoms with E-state index < -0.39 is 16.6 Å². The lowest BCUT2D eigenvalue weighted by molar-refractivity contribution is 0.0333. The predicted octanol–water partition coefficient (Wildman–Crippen LogP) is 9.99. The Balaban J connectivity index is 2.00. The van der Waals surface area contributed by atoms with Crippen molar-refractivity contribution in [1.82, 2.24) is 0 Å². The van der Waals surface area contributed by atoms with E-state index in [1.165, 1.54) is 16.7 Å². The molecule has 0 unspecified atom stereocenters. The first-order chi connectivity index (χ1) is 18.5. The molecule has 0 aliphatic heterocycles. The van der Waals surface area contributed by atoms with E-state index in [0.29, 0.717) is 41.7 Å². The number of hydrogen-bond acceptors (Lipinski definition) is 3. The summed E-state index contributed by atoms with van der Waals surface area (Å²) in [6, 6.07) is 12.1. The maximum absolute atomic E-state index is 7.63. The Morgan fingerprint density at radius 2 is 1.49 bits per heavy atom. The average Bonchev–Trinajstić information content (AvgIpc) is 3.38. The summed E-state index contributed by atoms with van der Waals surface area (Å²) in [6.45, 7) is 29.2. The summed E-state index contributed by atoms with van der Waals surface area (Å²) < 4.78 is 21.4. The van der Waals surface area contributed by atoms with E-state index in [0.717, 1.165) is 31.0 Å². The van der Waals surface area contributed by atoms with Crippen molar-refractivity contribution in [2.24, 2.45) is 11.8 Å². The highest BCUT2D eigenvalue weighted by Crippen LogP contribution is 2.61. The second kappa shape index (κ2) is 13.3. The largest absolute Gasteiger partial charge is 0.409 e. The van der Waals surface area contributed by atoms with Crippen LogP contribution in [0.4, 0.5) is 0 Å². The monoisotopic (exact) mass is 570 g/mol. The molecule has 5 heteroatoms. The molecule has 0 N–H and O–H groups in total. The Labute approximate surface area is 243 Å². The normalized spacial score (nSPS) is 26.5. The molecule has 0 aromatic heterocycles. The van der Waals surface area contributed by atoms with Gasteiger partial charge in [-0.15, -0.1) is 6.58 Å². The highest BCUT2D eigenvalue weighted by atomic mass is 28.4. The molecule has 2 aliphatic rings. The van der Waals surface area contributed by atoms with Crippen LogP contribution in [-0.4, -0.2) is 34.9 Å². The molecular weight excluding hydrogens is 513 g/mol. The second-order valence-electron chi connectivity index (χ2n) is 13.2. The van der Waals surface area contributed by atoms with Crippen LogP contribution < -0.4 is 0 Å². The Bertz CT molecular complexity index is 933. The molecular formula is C34H58O3Si2. The SMILES string of the molecule is C=C[C@@]1(O[Si](CC)(CC)CC)[C@@H]2CC[C@H]1/C(=C\COCc1ccc(C)cc1)[C@@H]2O[Si](C(C)C)(C(C)C)C(C)C. The lowest BCUT2D eigenvalue weighted by Crippen LogP contribution is -2.53. The van der Waals surface area contributed by atoms with Crippen LogP contribution in [-0.2, 0) is 20.2 Å². The molecule has 220 valence electrons. The van der Waals surface area contributed by atoms with E-state index >= 15 is 0 Å². The van der Waals surface area contributed by atoms with Gasteiger partial charge in [-0.3, -0.25) is 0 Å². The van der Waals surface area contributed by atoms with Gasteiger partial charge >= 0.3 is 0 Å². The number of fused-ring (bicyclic) bond motifs is 2. The topological polar surface area (TPSA) is 27.7 Å². The Morgan fingerprint density at radius 1 is 0.923 bits per heavy atom. The molecule has 0 radical (unpaired) electrons. The van der Waals surface area contributed by atoms with Crippen molar-refractivity contribution < 1.29 is 13.6 Å². The van der Waals surface area contributed by atoms with Gasteiger partial charge in [0.05, 0.1) is 24.9 Å². The van der Waals surface area contributed by atoms with Gasteiger partial charge < -0.3 is 13.6 Å². The predicted molar refractivity (Wildman–Crippen MR) is 172 cm³/mol. The van der Waals surface area contributed by atoms with Crippen LogP contribution in [0.25, 0.3) is 0 Å².